The third-order valence-corrected chi connectivity index (χ3v) is 3.58. The number of hydrogen-bond donors (Lipinski definition) is 0. The molecule has 0 heterocycles. The summed E-state index contributed by atoms with van der Waals surface area (Å²) in [6, 6.07) is 13.7. The van der Waals surface area contributed by atoms with Gasteiger partial charge in [-0.3, -0.25) is 4.79 Å². The van der Waals surface area contributed by atoms with Crippen LogP contribution in [0.3, 0.4) is 0 Å². The maximum absolute atomic E-state index is 12.4. The average Bonchev–Trinajstić information content (AvgIpc) is 2.43. The molecule has 2 aromatic carbocycles. The molecule has 2 aromatic rings. The second-order valence-electron chi connectivity index (χ2n) is 3.91. The summed E-state index contributed by atoms with van der Waals surface area (Å²) in [6.07, 6.45) is 1.89. The van der Waals surface area contributed by atoms with Crippen molar-refractivity contribution in [1.82, 2.24) is 0 Å². The number of benzene rings is 2. The summed E-state index contributed by atoms with van der Waals surface area (Å²) in [6.45, 7) is 2.45. The van der Waals surface area contributed by atoms with Crippen LogP contribution in [0.1, 0.15) is 17.3 Å². The zero-order chi connectivity index (χ0) is 13.0. The van der Waals surface area contributed by atoms with Gasteiger partial charge in [-0.2, -0.15) is 0 Å². The summed E-state index contributed by atoms with van der Waals surface area (Å²) in [5.74, 6) is 0.0427. The molecule has 3 heteroatoms. The molecule has 18 heavy (non-hydrogen) atoms. The predicted molar refractivity (Wildman–Crippen MR) is 77.2 cm³/mol. The summed E-state index contributed by atoms with van der Waals surface area (Å²) >= 11 is 1.43. The summed E-state index contributed by atoms with van der Waals surface area (Å²) in [5, 5.41) is 2.07. The van der Waals surface area contributed by atoms with Gasteiger partial charge in [-0.05, 0) is 24.0 Å². The van der Waals surface area contributed by atoms with Crippen LogP contribution in [0.4, 0.5) is 0 Å². The van der Waals surface area contributed by atoms with E-state index in [4.69, 9.17) is 4.74 Å². The predicted octanol–water partition coefficient (Wildman–Crippen LogP) is 3.75. The summed E-state index contributed by atoms with van der Waals surface area (Å²) in [5.41, 5.74) is 0.321. The van der Waals surface area contributed by atoms with E-state index in [0.717, 1.165) is 16.3 Å². The van der Waals surface area contributed by atoms with Crippen LogP contribution in [0.15, 0.2) is 42.5 Å². The van der Waals surface area contributed by atoms with E-state index in [1.165, 1.54) is 11.8 Å². The Kier molecular flexibility index (Phi) is 4.39. The van der Waals surface area contributed by atoms with Crippen LogP contribution in [-0.2, 0) is 4.74 Å². The molecule has 0 bridgehead atoms. The highest BCUT2D eigenvalue weighted by molar-refractivity contribution is 7.99. The van der Waals surface area contributed by atoms with Crippen LogP contribution in [-0.4, -0.2) is 24.1 Å². The Labute approximate surface area is 111 Å². The Balaban J connectivity index is 2.44. The lowest BCUT2D eigenvalue weighted by atomic mass is 10.0. The molecule has 2 rings (SSSR count). The molecule has 94 valence electrons. The SMILES string of the molecule is CCOC(SC)C(=O)c1cccc2ccccc12. The number of carbonyl (C=O) groups is 1. The van der Waals surface area contributed by atoms with E-state index >= 15 is 0 Å². The van der Waals surface area contributed by atoms with Gasteiger partial charge in [0.15, 0.2) is 5.44 Å². The fraction of sp³-hybridized carbons (Fsp3) is 0.267. The van der Waals surface area contributed by atoms with Crippen LogP contribution in [0.5, 0.6) is 0 Å². The van der Waals surface area contributed by atoms with Crippen molar-refractivity contribution >= 4 is 28.3 Å². The third-order valence-electron chi connectivity index (χ3n) is 2.80. The lowest BCUT2D eigenvalue weighted by molar-refractivity contribution is 0.0711. The van der Waals surface area contributed by atoms with Gasteiger partial charge in [0.1, 0.15) is 0 Å². The highest BCUT2D eigenvalue weighted by Gasteiger charge is 2.20. The minimum absolute atomic E-state index is 0.0427. The highest BCUT2D eigenvalue weighted by Crippen LogP contribution is 2.23. The number of hydrogen-bond acceptors (Lipinski definition) is 3. The molecule has 1 unspecified atom stereocenters. The number of carbonyl (C=O) groups excluding carboxylic acids is 1. The molecule has 1 atom stereocenters. The normalized spacial score (nSPS) is 12.6. The molecule has 0 radical (unpaired) electrons. The van der Waals surface area contributed by atoms with Gasteiger partial charge in [-0.15, -0.1) is 11.8 Å². The van der Waals surface area contributed by atoms with E-state index in [2.05, 4.69) is 0 Å². The Bertz CT molecular complexity index is 546. The number of Topliss-reactive ketones (excluding diaryl/α,β-unsaturated/α-hetero) is 1. The van der Waals surface area contributed by atoms with Gasteiger partial charge < -0.3 is 4.74 Å². The van der Waals surface area contributed by atoms with Crippen LogP contribution < -0.4 is 0 Å². The van der Waals surface area contributed by atoms with Gasteiger partial charge in [0.2, 0.25) is 5.78 Å². The van der Waals surface area contributed by atoms with Crippen LogP contribution in [0, 0.1) is 0 Å². The Morgan fingerprint density at radius 1 is 1.22 bits per heavy atom. The van der Waals surface area contributed by atoms with Gasteiger partial charge in [0.05, 0.1) is 0 Å². The van der Waals surface area contributed by atoms with Gasteiger partial charge in [-0.1, -0.05) is 42.5 Å². The van der Waals surface area contributed by atoms with Crippen LogP contribution in [0.2, 0.25) is 0 Å². The summed E-state index contributed by atoms with van der Waals surface area (Å²) in [4.78, 5) is 12.4. The molecule has 0 saturated carbocycles. The number of thioether (sulfide) groups is 1. The van der Waals surface area contributed by atoms with Gasteiger partial charge in [0, 0.05) is 12.2 Å². The molecule has 0 spiro atoms. The molecular formula is C15H16O2S. The second-order valence-corrected chi connectivity index (χ2v) is 4.81. The highest BCUT2D eigenvalue weighted by atomic mass is 32.2. The number of fused-ring (bicyclic) bond motifs is 1. The maximum Gasteiger partial charge on any atom is 0.202 e. The number of rotatable bonds is 5. The van der Waals surface area contributed by atoms with Crippen molar-refractivity contribution in [3.8, 4) is 0 Å². The van der Waals surface area contributed by atoms with E-state index < -0.39 is 5.44 Å². The molecule has 0 aromatic heterocycles. The first-order valence-corrected chi connectivity index (χ1v) is 7.23. The van der Waals surface area contributed by atoms with Crippen molar-refractivity contribution in [2.24, 2.45) is 0 Å². The Morgan fingerprint density at radius 2 is 1.94 bits per heavy atom. The van der Waals surface area contributed by atoms with Crippen molar-refractivity contribution in [3.05, 3.63) is 48.0 Å². The van der Waals surface area contributed by atoms with E-state index in [1.807, 2.05) is 55.6 Å². The van der Waals surface area contributed by atoms with E-state index in [1.54, 1.807) is 0 Å². The number of ketones is 1. The Hall–Kier alpha value is -1.32. The first-order valence-electron chi connectivity index (χ1n) is 5.94. The molecule has 0 N–H and O–H groups in total. The van der Waals surface area contributed by atoms with Gasteiger partial charge in [-0.25, -0.2) is 0 Å². The molecule has 0 fully saturated rings. The standard InChI is InChI=1S/C15H16O2S/c1-3-17-15(18-2)14(16)13-10-6-8-11-7-4-5-9-12(11)13/h4-10,15H,3H2,1-2H3. The quantitative estimate of drug-likeness (QED) is 0.605. The van der Waals surface area contributed by atoms with Crippen molar-refractivity contribution < 1.29 is 9.53 Å². The third kappa shape index (κ3) is 2.57. The fourth-order valence-corrected chi connectivity index (χ4v) is 2.58. The monoisotopic (exact) mass is 260 g/mol. The lowest BCUT2D eigenvalue weighted by Gasteiger charge is -2.14. The molecule has 2 nitrogen and oxygen atoms in total. The average molecular weight is 260 g/mol. The van der Waals surface area contributed by atoms with Gasteiger partial charge >= 0.3 is 0 Å². The lowest BCUT2D eigenvalue weighted by Crippen LogP contribution is -2.20. The van der Waals surface area contributed by atoms with E-state index in [-0.39, 0.29) is 5.78 Å². The molecule has 0 aliphatic rings. The summed E-state index contributed by atoms with van der Waals surface area (Å²) in [7, 11) is 0. The minimum atomic E-state index is -0.416. The van der Waals surface area contributed by atoms with Crippen LogP contribution >= 0.6 is 11.8 Å². The van der Waals surface area contributed by atoms with Crippen molar-refractivity contribution in [2.75, 3.05) is 12.9 Å². The van der Waals surface area contributed by atoms with E-state index in [0.29, 0.717) is 6.61 Å². The van der Waals surface area contributed by atoms with Crippen molar-refractivity contribution in [1.29, 1.82) is 0 Å². The number of ether oxygens (including phenoxy) is 1. The molecule has 0 aliphatic carbocycles. The smallest absolute Gasteiger partial charge is 0.202 e. The van der Waals surface area contributed by atoms with Gasteiger partial charge in [0.25, 0.3) is 0 Å². The van der Waals surface area contributed by atoms with E-state index in [9.17, 15) is 4.79 Å². The zero-order valence-electron chi connectivity index (χ0n) is 10.6. The van der Waals surface area contributed by atoms with Crippen LogP contribution in [0.25, 0.3) is 10.8 Å². The largest absolute Gasteiger partial charge is 0.360 e. The first-order chi connectivity index (χ1) is 8.77. The minimum Gasteiger partial charge on any atom is -0.360 e. The molecule has 0 aliphatic heterocycles. The van der Waals surface area contributed by atoms with Crippen molar-refractivity contribution in [2.45, 2.75) is 12.4 Å². The molecular weight excluding hydrogens is 244 g/mol. The zero-order valence-corrected chi connectivity index (χ0v) is 11.4. The van der Waals surface area contributed by atoms with Crippen molar-refractivity contribution in [3.63, 3.8) is 0 Å². The Morgan fingerprint density at radius 3 is 2.67 bits per heavy atom. The topological polar surface area (TPSA) is 26.3 Å². The first kappa shape index (κ1) is 13.1. The molecule has 0 saturated heterocycles. The summed E-state index contributed by atoms with van der Waals surface area (Å²) < 4.78 is 5.47. The fourth-order valence-electron chi connectivity index (χ4n) is 1.97. The second kappa shape index (κ2) is 6.03. The molecule has 0 amide bonds. The maximum atomic E-state index is 12.4.